The van der Waals surface area contributed by atoms with Crippen LogP contribution in [-0.2, 0) is 6.42 Å². The smallest absolute Gasteiger partial charge is 0.167 e. The number of hydrogen-bond donors (Lipinski definition) is 2. The molecule has 2 aromatic rings. The van der Waals surface area contributed by atoms with E-state index in [-0.39, 0.29) is 12.6 Å². The van der Waals surface area contributed by atoms with E-state index in [4.69, 9.17) is 38.8 Å². The highest BCUT2D eigenvalue weighted by Gasteiger charge is 2.09. The molecule has 2 rings (SSSR count). The van der Waals surface area contributed by atoms with Gasteiger partial charge in [-0.25, -0.2) is 0 Å². The molecule has 20 heavy (non-hydrogen) atoms. The first-order valence-corrected chi connectivity index (χ1v) is 6.78. The van der Waals surface area contributed by atoms with Crippen LogP contribution in [0.4, 0.5) is 0 Å². The molecule has 0 saturated carbocycles. The van der Waals surface area contributed by atoms with E-state index in [1.807, 2.05) is 12.1 Å². The van der Waals surface area contributed by atoms with Crippen molar-refractivity contribution >= 4 is 23.2 Å². The zero-order chi connectivity index (χ0) is 14.5. The second kappa shape index (κ2) is 6.90. The lowest BCUT2D eigenvalue weighted by atomic mass is 10.1. The number of aliphatic hydroxyl groups is 1. The van der Waals surface area contributed by atoms with Crippen LogP contribution in [0.15, 0.2) is 36.7 Å². The topological polar surface area (TPSA) is 68.4 Å². The van der Waals surface area contributed by atoms with E-state index in [0.29, 0.717) is 28.0 Å². The maximum atomic E-state index is 8.92. The van der Waals surface area contributed by atoms with Crippen molar-refractivity contribution in [2.45, 2.75) is 12.5 Å². The minimum atomic E-state index is -0.258. The van der Waals surface area contributed by atoms with E-state index in [0.717, 1.165) is 5.56 Å². The van der Waals surface area contributed by atoms with Crippen molar-refractivity contribution in [3.8, 4) is 11.5 Å². The lowest BCUT2D eigenvalue weighted by Crippen LogP contribution is -2.26. The second-order valence-corrected chi connectivity index (χ2v) is 5.14. The van der Waals surface area contributed by atoms with Crippen molar-refractivity contribution in [2.24, 2.45) is 5.73 Å². The summed E-state index contributed by atoms with van der Waals surface area (Å²) >= 11 is 12.0. The van der Waals surface area contributed by atoms with Crippen LogP contribution < -0.4 is 10.5 Å². The first-order chi connectivity index (χ1) is 9.60. The van der Waals surface area contributed by atoms with Gasteiger partial charge in [0.25, 0.3) is 0 Å². The Balaban J connectivity index is 2.11. The van der Waals surface area contributed by atoms with Gasteiger partial charge < -0.3 is 15.6 Å². The van der Waals surface area contributed by atoms with Gasteiger partial charge in [-0.15, -0.1) is 0 Å². The highest BCUT2D eigenvalue weighted by molar-refractivity contribution is 6.36. The Morgan fingerprint density at radius 2 is 1.75 bits per heavy atom. The summed E-state index contributed by atoms with van der Waals surface area (Å²) in [5.41, 5.74) is 6.70. The van der Waals surface area contributed by atoms with Crippen molar-refractivity contribution in [1.29, 1.82) is 0 Å². The Hall–Kier alpha value is -1.33. The molecule has 0 saturated heterocycles. The number of halogens is 2. The third-order valence-corrected chi connectivity index (χ3v) is 3.22. The fourth-order valence-electron chi connectivity index (χ4n) is 1.68. The Kier molecular flexibility index (Phi) is 5.20. The summed E-state index contributed by atoms with van der Waals surface area (Å²) in [4.78, 5) is 3.86. The molecule has 1 atom stereocenters. The number of aliphatic hydroxyl groups excluding tert-OH is 1. The molecule has 3 N–H and O–H groups in total. The van der Waals surface area contributed by atoms with E-state index in [2.05, 4.69) is 4.98 Å². The zero-order valence-electron chi connectivity index (χ0n) is 10.6. The van der Waals surface area contributed by atoms with Gasteiger partial charge in [0.05, 0.1) is 6.61 Å². The summed E-state index contributed by atoms with van der Waals surface area (Å²) in [6.07, 6.45) is 3.54. The predicted octanol–water partition coefficient (Wildman–Crippen LogP) is 3.04. The maximum absolute atomic E-state index is 8.92. The molecule has 4 nitrogen and oxygen atoms in total. The number of aromatic nitrogens is 1. The third-order valence-electron chi connectivity index (χ3n) is 2.69. The Labute approximate surface area is 127 Å². The van der Waals surface area contributed by atoms with E-state index >= 15 is 0 Å². The van der Waals surface area contributed by atoms with Crippen LogP contribution >= 0.6 is 23.2 Å². The molecule has 106 valence electrons. The summed E-state index contributed by atoms with van der Waals surface area (Å²) in [6, 6.07) is 7.10. The van der Waals surface area contributed by atoms with Crippen LogP contribution in [0.25, 0.3) is 0 Å². The SMILES string of the molecule is N[C@H](CO)Cc1ccc(Oc2c(Cl)cncc2Cl)cc1. The van der Waals surface area contributed by atoms with Crippen LogP contribution in [0.2, 0.25) is 10.0 Å². The largest absolute Gasteiger partial charge is 0.454 e. The number of hydrogen-bond acceptors (Lipinski definition) is 4. The van der Waals surface area contributed by atoms with Crippen molar-refractivity contribution in [3.05, 3.63) is 52.3 Å². The molecule has 0 fully saturated rings. The number of pyridine rings is 1. The van der Waals surface area contributed by atoms with E-state index < -0.39 is 0 Å². The molecule has 0 aliphatic rings. The summed E-state index contributed by atoms with van der Waals surface area (Å²) in [6.45, 7) is -0.0412. The molecule has 1 aromatic heterocycles. The van der Waals surface area contributed by atoms with Crippen LogP contribution in [0.1, 0.15) is 5.56 Å². The van der Waals surface area contributed by atoms with Crippen molar-refractivity contribution in [1.82, 2.24) is 4.98 Å². The van der Waals surface area contributed by atoms with Crippen molar-refractivity contribution in [2.75, 3.05) is 6.61 Å². The highest BCUT2D eigenvalue weighted by Crippen LogP contribution is 2.35. The monoisotopic (exact) mass is 312 g/mol. The van der Waals surface area contributed by atoms with E-state index in [1.165, 1.54) is 12.4 Å². The fourth-order valence-corrected chi connectivity index (χ4v) is 2.12. The first kappa shape index (κ1) is 15.1. The number of nitrogens with two attached hydrogens (primary N) is 1. The van der Waals surface area contributed by atoms with Gasteiger partial charge >= 0.3 is 0 Å². The van der Waals surface area contributed by atoms with Gasteiger partial charge in [-0.3, -0.25) is 4.98 Å². The summed E-state index contributed by atoms with van der Waals surface area (Å²) < 4.78 is 5.64. The Morgan fingerprint density at radius 1 is 1.15 bits per heavy atom. The lowest BCUT2D eigenvalue weighted by Gasteiger charge is -2.11. The van der Waals surface area contributed by atoms with Gasteiger partial charge in [0.1, 0.15) is 15.8 Å². The number of rotatable bonds is 5. The van der Waals surface area contributed by atoms with Crippen molar-refractivity contribution in [3.63, 3.8) is 0 Å². The first-order valence-electron chi connectivity index (χ1n) is 6.02. The van der Waals surface area contributed by atoms with E-state index in [9.17, 15) is 0 Å². The molecule has 0 spiro atoms. The average Bonchev–Trinajstić information content (AvgIpc) is 2.44. The molecule has 0 amide bonds. The maximum Gasteiger partial charge on any atom is 0.167 e. The average molecular weight is 313 g/mol. The molecule has 0 aliphatic heterocycles. The number of benzene rings is 1. The van der Waals surface area contributed by atoms with Gasteiger partial charge in [0.2, 0.25) is 0 Å². The molecule has 0 aliphatic carbocycles. The Morgan fingerprint density at radius 3 is 2.30 bits per heavy atom. The minimum Gasteiger partial charge on any atom is -0.454 e. The van der Waals surface area contributed by atoms with Crippen LogP contribution in [-0.4, -0.2) is 22.7 Å². The Bertz CT molecular complexity index is 556. The number of ether oxygens (including phenoxy) is 1. The predicted molar refractivity (Wildman–Crippen MR) is 79.5 cm³/mol. The van der Waals surface area contributed by atoms with Crippen LogP contribution in [0, 0.1) is 0 Å². The summed E-state index contributed by atoms with van der Waals surface area (Å²) in [5, 5.41) is 9.62. The highest BCUT2D eigenvalue weighted by atomic mass is 35.5. The minimum absolute atomic E-state index is 0.0412. The van der Waals surface area contributed by atoms with Crippen LogP contribution in [0.3, 0.4) is 0 Å². The van der Waals surface area contributed by atoms with Gasteiger partial charge in [-0.2, -0.15) is 0 Å². The molecule has 0 unspecified atom stereocenters. The third kappa shape index (κ3) is 3.84. The summed E-state index contributed by atoms with van der Waals surface area (Å²) in [5.74, 6) is 0.990. The standard InChI is InChI=1S/C14H14Cl2N2O2/c15-12-6-18-7-13(16)14(12)20-11-3-1-9(2-4-11)5-10(17)8-19/h1-4,6-7,10,19H,5,8,17H2/t10-/m0/s1. The summed E-state index contributed by atoms with van der Waals surface area (Å²) in [7, 11) is 0. The molecular formula is C14H14Cl2N2O2. The van der Waals surface area contributed by atoms with Crippen molar-refractivity contribution < 1.29 is 9.84 Å². The van der Waals surface area contributed by atoms with Gasteiger partial charge in [0.15, 0.2) is 5.75 Å². The van der Waals surface area contributed by atoms with E-state index in [1.54, 1.807) is 12.1 Å². The van der Waals surface area contributed by atoms with Gasteiger partial charge in [0, 0.05) is 18.4 Å². The second-order valence-electron chi connectivity index (χ2n) is 4.33. The van der Waals surface area contributed by atoms with Crippen LogP contribution in [0.5, 0.6) is 11.5 Å². The van der Waals surface area contributed by atoms with Gasteiger partial charge in [-0.05, 0) is 24.1 Å². The molecule has 6 heteroatoms. The zero-order valence-corrected chi connectivity index (χ0v) is 12.1. The lowest BCUT2D eigenvalue weighted by molar-refractivity contribution is 0.265. The molecule has 1 aromatic carbocycles. The number of nitrogens with zero attached hydrogens (tertiary/aromatic N) is 1. The molecular weight excluding hydrogens is 299 g/mol. The quantitative estimate of drug-likeness (QED) is 0.890. The molecule has 0 radical (unpaired) electrons. The fraction of sp³-hybridized carbons (Fsp3) is 0.214. The normalized spacial score (nSPS) is 12.2. The molecule has 1 heterocycles. The molecule has 0 bridgehead atoms. The van der Waals surface area contributed by atoms with Gasteiger partial charge in [-0.1, -0.05) is 35.3 Å².